The molecule has 0 aliphatic heterocycles. The molecule has 0 fully saturated rings. The van der Waals surface area contributed by atoms with Gasteiger partial charge in [-0.2, -0.15) is 0 Å². The summed E-state index contributed by atoms with van der Waals surface area (Å²) in [6.45, 7) is 0. The number of hydrogen-bond acceptors (Lipinski definition) is 3. The Balaban J connectivity index is 2.04. The summed E-state index contributed by atoms with van der Waals surface area (Å²) in [6, 6.07) is 11.1. The molecule has 5 heteroatoms. The van der Waals surface area contributed by atoms with Crippen molar-refractivity contribution in [2.24, 2.45) is 0 Å². The Morgan fingerprint density at radius 2 is 1.59 bits per heavy atom. The summed E-state index contributed by atoms with van der Waals surface area (Å²) in [6.07, 6.45) is 1.78. The van der Waals surface area contributed by atoms with Gasteiger partial charge in [-0.3, -0.25) is 4.79 Å². The van der Waals surface area contributed by atoms with Crippen molar-refractivity contribution in [2.75, 3.05) is 0 Å². The zero-order valence-electron chi connectivity index (χ0n) is 11.4. The average Bonchev–Trinajstić information content (AvgIpc) is 2.89. The maximum atomic E-state index is 12.2. The van der Waals surface area contributed by atoms with Crippen molar-refractivity contribution in [3.05, 3.63) is 58.9 Å². The van der Waals surface area contributed by atoms with Gasteiger partial charge in [-0.15, -0.1) is 0 Å². The number of aromatic nitrogens is 2. The summed E-state index contributed by atoms with van der Waals surface area (Å²) in [4.78, 5) is 18.5. The molecule has 22 heavy (non-hydrogen) atoms. The van der Waals surface area contributed by atoms with Crippen molar-refractivity contribution in [3.63, 3.8) is 0 Å². The van der Waals surface area contributed by atoms with Gasteiger partial charge in [0.1, 0.15) is 11.5 Å². The van der Waals surface area contributed by atoms with Gasteiger partial charge >= 0.3 is 0 Å². The van der Waals surface area contributed by atoms with E-state index in [2.05, 4.69) is 9.97 Å². The number of nitrogens with one attached hydrogen (secondary N) is 2. The van der Waals surface area contributed by atoms with Crippen molar-refractivity contribution in [1.82, 2.24) is 9.97 Å². The van der Waals surface area contributed by atoms with E-state index in [1.807, 2.05) is 0 Å². The number of aromatic hydroxyl groups is 2. The molecule has 0 saturated carbocycles. The lowest BCUT2D eigenvalue weighted by atomic mass is 10.1. The Bertz CT molecular complexity index is 1080. The first-order valence-electron chi connectivity index (χ1n) is 6.78. The van der Waals surface area contributed by atoms with E-state index in [4.69, 9.17) is 0 Å². The predicted molar refractivity (Wildman–Crippen MR) is 85.2 cm³/mol. The standard InChI is InChI=1S/C17H12N2O3/c20-9-2-4-14-12(5-9)13(8-18-14)16-7-17(22)11-3-1-10(21)6-15(11)19-16/h1-8,18,20-21H,(H,19,22). The van der Waals surface area contributed by atoms with Gasteiger partial charge < -0.3 is 20.2 Å². The van der Waals surface area contributed by atoms with Gasteiger partial charge in [0.25, 0.3) is 0 Å². The number of rotatable bonds is 1. The molecule has 2 aromatic carbocycles. The van der Waals surface area contributed by atoms with Crippen LogP contribution >= 0.6 is 0 Å². The maximum Gasteiger partial charge on any atom is 0.190 e. The summed E-state index contributed by atoms with van der Waals surface area (Å²) in [5.74, 6) is 0.256. The van der Waals surface area contributed by atoms with Crippen molar-refractivity contribution < 1.29 is 10.2 Å². The molecular formula is C17H12N2O3. The number of H-pyrrole nitrogens is 2. The second-order valence-electron chi connectivity index (χ2n) is 5.21. The summed E-state index contributed by atoms with van der Waals surface area (Å²) in [5.41, 5.74) is 2.72. The molecule has 0 unspecified atom stereocenters. The fourth-order valence-corrected chi connectivity index (χ4v) is 2.72. The Kier molecular flexibility index (Phi) is 2.50. The minimum atomic E-state index is -0.127. The number of hydrogen-bond donors (Lipinski definition) is 4. The smallest absolute Gasteiger partial charge is 0.190 e. The third-order valence-electron chi connectivity index (χ3n) is 3.77. The Morgan fingerprint density at radius 1 is 0.818 bits per heavy atom. The van der Waals surface area contributed by atoms with Crippen LogP contribution in [0.25, 0.3) is 33.1 Å². The lowest BCUT2D eigenvalue weighted by molar-refractivity contribution is 0.475. The second-order valence-corrected chi connectivity index (χ2v) is 5.21. The van der Waals surface area contributed by atoms with Gasteiger partial charge in [0.15, 0.2) is 5.43 Å². The van der Waals surface area contributed by atoms with Crippen molar-refractivity contribution in [2.45, 2.75) is 0 Å². The van der Waals surface area contributed by atoms with Gasteiger partial charge in [-0.05, 0) is 30.3 Å². The Hall–Kier alpha value is -3.21. The van der Waals surface area contributed by atoms with Crippen LogP contribution in [0.15, 0.2) is 53.5 Å². The van der Waals surface area contributed by atoms with Crippen LogP contribution in [0.1, 0.15) is 0 Å². The number of aromatic amines is 2. The monoisotopic (exact) mass is 292 g/mol. The van der Waals surface area contributed by atoms with Crippen molar-refractivity contribution in [3.8, 4) is 22.8 Å². The highest BCUT2D eigenvalue weighted by Gasteiger charge is 2.10. The number of pyridine rings is 1. The normalized spacial score (nSPS) is 11.3. The molecule has 4 rings (SSSR count). The molecule has 0 radical (unpaired) electrons. The van der Waals surface area contributed by atoms with Crippen LogP contribution in [0.5, 0.6) is 11.5 Å². The van der Waals surface area contributed by atoms with E-state index in [0.29, 0.717) is 16.6 Å². The molecule has 4 N–H and O–H groups in total. The van der Waals surface area contributed by atoms with Gasteiger partial charge in [0.05, 0.1) is 11.2 Å². The summed E-state index contributed by atoms with van der Waals surface area (Å²) in [5, 5.41) is 20.6. The highest BCUT2D eigenvalue weighted by atomic mass is 16.3. The lowest BCUT2D eigenvalue weighted by Gasteiger charge is -2.04. The van der Waals surface area contributed by atoms with Crippen LogP contribution in [-0.2, 0) is 0 Å². The van der Waals surface area contributed by atoms with E-state index in [9.17, 15) is 15.0 Å². The fourth-order valence-electron chi connectivity index (χ4n) is 2.72. The molecule has 0 atom stereocenters. The number of benzene rings is 2. The third kappa shape index (κ3) is 1.83. The molecule has 2 aromatic heterocycles. The van der Waals surface area contributed by atoms with Crippen LogP contribution < -0.4 is 5.43 Å². The molecule has 5 nitrogen and oxygen atoms in total. The second kappa shape index (κ2) is 4.39. The van der Waals surface area contributed by atoms with Gasteiger partial charge in [-0.1, -0.05) is 0 Å². The molecule has 4 aromatic rings. The van der Waals surface area contributed by atoms with Crippen molar-refractivity contribution >= 4 is 21.8 Å². The summed E-state index contributed by atoms with van der Waals surface area (Å²) >= 11 is 0. The van der Waals surface area contributed by atoms with Crippen LogP contribution in [0, 0.1) is 0 Å². The van der Waals surface area contributed by atoms with E-state index in [-0.39, 0.29) is 16.9 Å². The Morgan fingerprint density at radius 3 is 2.45 bits per heavy atom. The molecular weight excluding hydrogens is 280 g/mol. The number of fused-ring (bicyclic) bond motifs is 2. The first-order chi connectivity index (χ1) is 10.6. The first-order valence-corrected chi connectivity index (χ1v) is 6.78. The molecule has 2 heterocycles. The highest BCUT2D eigenvalue weighted by molar-refractivity contribution is 5.96. The minimum absolute atomic E-state index is 0.0943. The topological polar surface area (TPSA) is 89.1 Å². The van der Waals surface area contributed by atoms with E-state index in [0.717, 1.165) is 16.5 Å². The molecule has 0 saturated heterocycles. The minimum Gasteiger partial charge on any atom is -0.508 e. The van der Waals surface area contributed by atoms with E-state index in [1.54, 1.807) is 30.5 Å². The quantitative estimate of drug-likeness (QED) is 0.434. The number of phenols is 2. The van der Waals surface area contributed by atoms with Crippen LogP contribution in [-0.4, -0.2) is 20.2 Å². The predicted octanol–water partition coefficient (Wildman–Crippen LogP) is 3.09. The van der Waals surface area contributed by atoms with Crippen LogP contribution in [0.4, 0.5) is 0 Å². The van der Waals surface area contributed by atoms with E-state index >= 15 is 0 Å². The van der Waals surface area contributed by atoms with Gasteiger partial charge in [0, 0.05) is 40.2 Å². The maximum absolute atomic E-state index is 12.2. The van der Waals surface area contributed by atoms with Crippen LogP contribution in [0.2, 0.25) is 0 Å². The average molecular weight is 292 g/mol. The van der Waals surface area contributed by atoms with Gasteiger partial charge in [-0.25, -0.2) is 0 Å². The van der Waals surface area contributed by atoms with Crippen molar-refractivity contribution in [1.29, 1.82) is 0 Å². The SMILES string of the molecule is O=c1cc(-c2c[nH]c3ccc(O)cc23)[nH]c2cc(O)ccc12. The molecule has 0 aliphatic carbocycles. The molecule has 108 valence electrons. The first kappa shape index (κ1) is 12.5. The van der Waals surface area contributed by atoms with E-state index in [1.165, 1.54) is 18.2 Å². The van der Waals surface area contributed by atoms with E-state index < -0.39 is 0 Å². The Labute approximate surface area is 124 Å². The number of phenolic OH excluding ortho intramolecular Hbond substituents is 2. The largest absolute Gasteiger partial charge is 0.508 e. The molecule has 0 bridgehead atoms. The fraction of sp³-hybridized carbons (Fsp3) is 0. The zero-order chi connectivity index (χ0) is 15.3. The van der Waals surface area contributed by atoms with Gasteiger partial charge in [0.2, 0.25) is 0 Å². The zero-order valence-corrected chi connectivity index (χ0v) is 11.4. The molecule has 0 amide bonds. The van der Waals surface area contributed by atoms with Crippen LogP contribution in [0.3, 0.4) is 0 Å². The molecule has 0 spiro atoms. The third-order valence-corrected chi connectivity index (χ3v) is 3.77. The lowest BCUT2D eigenvalue weighted by Crippen LogP contribution is -2.02. The highest BCUT2D eigenvalue weighted by Crippen LogP contribution is 2.30. The molecule has 0 aliphatic rings. The summed E-state index contributed by atoms with van der Waals surface area (Å²) < 4.78 is 0. The summed E-state index contributed by atoms with van der Waals surface area (Å²) in [7, 11) is 0.